The maximum Gasteiger partial charge on any atom is 0.263 e. The van der Waals surface area contributed by atoms with Gasteiger partial charge in [0.25, 0.3) is 5.91 Å². The fourth-order valence-electron chi connectivity index (χ4n) is 4.44. The summed E-state index contributed by atoms with van der Waals surface area (Å²) in [6.07, 6.45) is 0.789. The first kappa shape index (κ1) is 28.6. The van der Waals surface area contributed by atoms with Crippen molar-refractivity contribution in [3.8, 4) is 23.0 Å². The summed E-state index contributed by atoms with van der Waals surface area (Å²) in [5.41, 5.74) is 1.15. The molecule has 0 radical (unpaired) electrons. The Morgan fingerprint density at radius 1 is 0.949 bits per heavy atom. The van der Waals surface area contributed by atoms with Crippen molar-refractivity contribution in [3.05, 3.63) is 72.3 Å². The van der Waals surface area contributed by atoms with E-state index >= 15 is 0 Å². The molecule has 206 valence electrons. The van der Waals surface area contributed by atoms with E-state index in [0.29, 0.717) is 45.8 Å². The zero-order valence-corrected chi connectivity index (χ0v) is 23.6. The second kappa shape index (κ2) is 13.6. The Morgan fingerprint density at radius 3 is 2.38 bits per heavy atom. The first-order chi connectivity index (χ1) is 18.7. The van der Waals surface area contributed by atoms with Gasteiger partial charge in [-0.3, -0.25) is 14.6 Å². The first-order valence-electron chi connectivity index (χ1n) is 12.6. The minimum absolute atomic E-state index is 0. The Bertz CT molecular complexity index is 1340. The number of para-hydroxylation sites is 2. The van der Waals surface area contributed by atoms with Gasteiger partial charge in [0.15, 0.2) is 5.13 Å². The van der Waals surface area contributed by atoms with Crippen LogP contribution in [0.15, 0.2) is 66.7 Å². The third-order valence-electron chi connectivity index (χ3n) is 6.42. The van der Waals surface area contributed by atoms with Gasteiger partial charge < -0.3 is 18.9 Å². The number of morpholine rings is 1. The lowest BCUT2D eigenvalue weighted by atomic mass is 10.1. The van der Waals surface area contributed by atoms with Crippen LogP contribution in [0.2, 0.25) is 0 Å². The molecule has 1 fully saturated rings. The summed E-state index contributed by atoms with van der Waals surface area (Å²) in [4.78, 5) is 23.1. The smallest absolute Gasteiger partial charge is 0.263 e. The fourth-order valence-corrected chi connectivity index (χ4v) is 5.54. The van der Waals surface area contributed by atoms with Crippen LogP contribution in [0.4, 0.5) is 5.13 Å². The molecule has 1 amide bonds. The zero-order valence-electron chi connectivity index (χ0n) is 22.0. The van der Waals surface area contributed by atoms with Crippen molar-refractivity contribution in [1.82, 2.24) is 9.88 Å². The zero-order chi connectivity index (χ0) is 26.3. The predicted octanol–water partition coefficient (Wildman–Crippen LogP) is 5.90. The van der Waals surface area contributed by atoms with Gasteiger partial charge in [-0.25, -0.2) is 4.98 Å². The van der Waals surface area contributed by atoms with Crippen LogP contribution in [0.1, 0.15) is 16.8 Å². The summed E-state index contributed by atoms with van der Waals surface area (Å²) >= 11 is 1.42. The van der Waals surface area contributed by atoms with Crippen LogP contribution in [-0.4, -0.2) is 69.4 Å². The van der Waals surface area contributed by atoms with Crippen molar-refractivity contribution < 1.29 is 23.7 Å². The fraction of sp³-hybridized carbons (Fsp3) is 0.310. The van der Waals surface area contributed by atoms with Crippen LogP contribution >= 0.6 is 23.7 Å². The minimum Gasteiger partial charge on any atom is -0.495 e. The number of carbonyl (C=O) groups is 1. The molecule has 0 saturated carbocycles. The summed E-state index contributed by atoms with van der Waals surface area (Å²) < 4.78 is 23.6. The summed E-state index contributed by atoms with van der Waals surface area (Å²) in [6, 6.07) is 20.5. The number of hydrogen-bond donors (Lipinski definition) is 0. The van der Waals surface area contributed by atoms with Gasteiger partial charge >= 0.3 is 0 Å². The second-order valence-corrected chi connectivity index (χ2v) is 9.80. The number of carbonyl (C=O) groups excluding carboxylic acids is 1. The van der Waals surface area contributed by atoms with Crippen LogP contribution < -0.4 is 19.1 Å². The second-order valence-electron chi connectivity index (χ2n) is 8.82. The molecule has 1 saturated heterocycles. The number of methoxy groups -OCH3 is 2. The van der Waals surface area contributed by atoms with Gasteiger partial charge in [-0.1, -0.05) is 41.7 Å². The maximum absolute atomic E-state index is 14.1. The molecule has 10 heteroatoms. The highest BCUT2D eigenvalue weighted by molar-refractivity contribution is 7.22. The van der Waals surface area contributed by atoms with Crippen molar-refractivity contribution in [2.45, 2.75) is 6.42 Å². The summed E-state index contributed by atoms with van der Waals surface area (Å²) in [6.45, 7) is 4.65. The lowest BCUT2D eigenvalue weighted by Crippen LogP contribution is -2.39. The molecule has 4 aromatic rings. The summed E-state index contributed by atoms with van der Waals surface area (Å²) in [5, 5.41) is 0.587. The van der Waals surface area contributed by atoms with Crippen LogP contribution in [0, 0.1) is 0 Å². The third-order valence-corrected chi connectivity index (χ3v) is 7.52. The molecule has 39 heavy (non-hydrogen) atoms. The van der Waals surface area contributed by atoms with Crippen LogP contribution in [-0.2, 0) is 4.74 Å². The average Bonchev–Trinajstić information content (AvgIpc) is 3.41. The monoisotopic (exact) mass is 569 g/mol. The lowest BCUT2D eigenvalue weighted by molar-refractivity contribution is 0.0376. The third kappa shape index (κ3) is 6.62. The van der Waals surface area contributed by atoms with E-state index in [9.17, 15) is 4.79 Å². The summed E-state index contributed by atoms with van der Waals surface area (Å²) in [5.74, 6) is 2.32. The standard InChI is InChI=1S/C29H31N3O5S.ClH/c1-34-24-13-14-25(35-2)27-26(24)30-29(38-27)32(16-8-15-31-17-19-36-20-18-31)28(33)22-11-6-7-12-23(22)37-21-9-4-3-5-10-21;/h3-7,9-14H,8,15-20H2,1-2H3;1H. The topological polar surface area (TPSA) is 73.4 Å². The number of thiazole rings is 1. The molecule has 0 spiro atoms. The molecule has 1 aliphatic heterocycles. The van der Waals surface area contributed by atoms with E-state index in [2.05, 4.69) is 4.90 Å². The van der Waals surface area contributed by atoms with E-state index in [4.69, 9.17) is 23.9 Å². The molecular formula is C29H32ClN3O5S. The van der Waals surface area contributed by atoms with Gasteiger partial charge in [-0.05, 0) is 42.8 Å². The first-order valence-corrected chi connectivity index (χ1v) is 13.4. The Hall–Kier alpha value is -3.37. The number of nitrogens with zero attached hydrogens (tertiary/aromatic N) is 3. The Balaban J connectivity index is 0.00000353. The number of hydrogen-bond acceptors (Lipinski definition) is 8. The van der Waals surface area contributed by atoms with Crippen molar-refractivity contribution in [3.63, 3.8) is 0 Å². The molecule has 1 aromatic heterocycles. The number of anilines is 1. The van der Waals surface area contributed by atoms with E-state index in [1.54, 1.807) is 25.2 Å². The number of aromatic nitrogens is 1. The van der Waals surface area contributed by atoms with Crippen molar-refractivity contribution in [2.24, 2.45) is 0 Å². The highest BCUT2D eigenvalue weighted by atomic mass is 35.5. The van der Waals surface area contributed by atoms with Gasteiger partial charge in [0.2, 0.25) is 0 Å². The molecular weight excluding hydrogens is 538 g/mol. The number of benzene rings is 3. The number of ether oxygens (including phenoxy) is 4. The maximum atomic E-state index is 14.1. The van der Waals surface area contributed by atoms with E-state index in [1.807, 2.05) is 60.7 Å². The van der Waals surface area contributed by atoms with Gasteiger partial charge in [-0.2, -0.15) is 0 Å². The number of fused-ring (bicyclic) bond motifs is 1. The molecule has 1 aliphatic rings. The number of rotatable bonds is 10. The molecule has 8 nitrogen and oxygen atoms in total. The van der Waals surface area contributed by atoms with E-state index < -0.39 is 0 Å². The minimum atomic E-state index is -0.171. The quantitative estimate of drug-likeness (QED) is 0.235. The number of halogens is 1. The van der Waals surface area contributed by atoms with Gasteiger partial charge in [0, 0.05) is 26.2 Å². The molecule has 0 bridgehead atoms. The van der Waals surface area contributed by atoms with E-state index in [1.165, 1.54) is 11.3 Å². The van der Waals surface area contributed by atoms with Crippen LogP contribution in [0.3, 0.4) is 0 Å². The molecule has 0 atom stereocenters. The van der Waals surface area contributed by atoms with E-state index in [0.717, 1.165) is 44.0 Å². The van der Waals surface area contributed by atoms with E-state index in [-0.39, 0.29) is 18.3 Å². The highest BCUT2D eigenvalue weighted by Crippen LogP contribution is 2.41. The number of amides is 1. The average molecular weight is 570 g/mol. The largest absolute Gasteiger partial charge is 0.495 e. The molecule has 0 unspecified atom stereocenters. The lowest BCUT2D eigenvalue weighted by Gasteiger charge is -2.28. The van der Waals surface area contributed by atoms with Gasteiger partial charge in [0.1, 0.15) is 33.2 Å². The molecule has 0 N–H and O–H groups in total. The highest BCUT2D eigenvalue weighted by Gasteiger charge is 2.26. The predicted molar refractivity (Wildman–Crippen MR) is 156 cm³/mol. The Morgan fingerprint density at radius 2 is 1.64 bits per heavy atom. The SMILES string of the molecule is COc1ccc(OC)c2sc(N(CCCN3CCOCC3)C(=O)c3ccccc3Oc3ccccc3)nc12.Cl. The Labute approximate surface area is 238 Å². The van der Waals surface area contributed by atoms with Gasteiger partial charge in [-0.15, -0.1) is 12.4 Å². The van der Waals surface area contributed by atoms with Crippen molar-refractivity contribution in [2.75, 3.05) is 58.5 Å². The Kier molecular flexibility index (Phi) is 10.00. The molecule has 5 rings (SSSR count). The van der Waals surface area contributed by atoms with Crippen molar-refractivity contribution in [1.29, 1.82) is 0 Å². The molecule has 2 heterocycles. The normalized spacial score (nSPS) is 13.5. The van der Waals surface area contributed by atoms with Crippen LogP contribution in [0.5, 0.6) is 23.0 Å². The van der Waals surface area contributed by atoms with Crippen molar-refractivity contribution >= 4 is 45.0 Å². The molecule has 3 aromatic carbocycles. The van der Waals surface area contributed by atoms with Crippen LogP contribution in [0.25, 0.3) is 10.2 Å². The summed E-state index contributed by atoms with van der Waals surface area (Å²) in [7, 11) is 3.24. The molecule has 0 aliphatic carbocycles. The van der Waals surface area contributed by atoms with Gasteiger partial charge in [0.05, 0.1) is 33.0 Å².